The van der Waals surface area contributed by atoms with Gasteiger partial charge in [-0.2, -0.15) is 5.10 Å². The molecule has 0 saturated heterocycles. The molecule has 37 heavy (non-hydrogen) atoms. The summed E-state index contributed by atoms with van der Waals surface area (Å²) in [7, 11) is 4.91. The summed E-state index contributed by atoms with van der Waals surface area (Å²) in [6.07, 6.45) is 2.08. The number of imidazole rings is 1. The highest BCUT2D eigenvalue weighted by molar-refractivity contribution is 5.89. The van der Waals surface area contributed by atoms with Gasteiger partial charge < -0.3 is 19.4 Å². The van der Waals surface area contributed by atoms with Crippen molar-refractivity contribution < 1.29 is 14.3 Å². The molecule has 0 spiro atoms. The molecule has 5 aromatic rings. The van der Waals surface area contributed by atoms with Crippen LogP contribution >= 0.6 is 0 Å². The second-order valence-electron chi connectivity index (χ2n) is 8.70. The Morgan fingerprint density at radius 3 is 2.49 bits per heavy atom. The minimum atomic E-state index is -0.439. The van der Waals surface area contributed by atoms with Gasteiger partial charge in [-0.3, -0.25) is 9.59 Å². The van der Waals surface area contributed by atoms with E-state index in [1.54, 1.807) is 18.3 Å². The van der Waals surface area contributed by atoms with Gasteiger partial charge in [-0.25, -0.2) is 9.67 Å². The Hall–Kier alpha value is -4.66. The summed E-state index contributed by atoms with van der Waals surface area (Å²) in [5.41, 5.74) is 2.43. The van der Waals surface area contributed by atoms with Crippen LogP contribution in [0.3, 0.4) is 0 Å². The molecule has 9 nitrogen and oxygen atoms in total. The minimum Gasteiger partial charge on any atom is -0.493 e. The number of methoxy groups -OCH3 is 2. The van der Waals surface area contributed by atoms with Gasteiger partial charge >= 0.3 is 0 Å². The van der Waals surface area contributed by atoms with Gasteiger partial charge in [-0.15, -0.1) is 0 Å². The second kappa shape index (κ2) is 10.1. The van der Waals surface area contributed by atoms with Crippen molar-refractivity contribution in [1.82, 2.24) is 24.6 Å². The predicted octanol–water partition coefficient (Wildman–Crippen LogP) is 3.40. The monoisotopic (exact) mass is 497 g/mol. The van der Waals surface area contributed by atoms with Crippen LogP contribution in [-0.2, 0) is 24.8 Å². The maximum Gasteiger partial charge on any atom is 0.279 e. The van der Waals surface area contributed by atoms with Crippen molar-refractivity contribution in [2.75, 3.05) is 14.2 Å². The molecule has 0 bridgehead atoms. The number of ether oxygens (including phenoxy) is 2. The van der Waals surface area contributed by atoms with Crippen molar-refractivity contribution in [2.45, 2.75) is 19.0 Å². The fraction of sp³-hybridized carbons (Fsp3) is 0.214. The lowest BCUT2D eigenvalue weighted by molar-refractivity contribution is -0.122. The van der Waals surface area contributed by atoms with Crippen molar-refractivity contribution >= 4 is 27.7 Å². The first-order chi connectivity index (χ1) is 18.0. The quantitative estimate of drug-likeness (QED) is 0.353. The predicted molar refractivity (Wildman–Crippen MR) is 141 cm³/mol. The van der Waals surface area contributed by atoms with Gasteiger partial charge in [-0.1, -0.05) is 42.5 Å². The van der Waals surface area contributed by atoms with Crippen LogP contribution in [0.4, 0.5) is 0 Å². The van der Waals surface area contributed by atoms with Crippen LogP contribution in [0.1, 0.15) is 17.4 Å². The van der Waals surface area contributed by atoms with Gasteiger partial charge in [0.15, 0.2) is 11.5 Å². The Bertz CT molecular complexity index is 1640. The van der Waals surface area contributed by atoms with E-state index >= 15 is 0 Å². The zero-order chi connectivity index (χ0) is 25.9. The first kappa shape index (κ1) is 24.1. The molecule has 5 rings (SSSR count). The van der Waals surface area contributed by atoms with Gasteiger partial charge in [0.1, 0.15) is 12.4 Å². The average Bonchev–Trinajstić information content (AvgIpc) is 3.26. The molecule has 9 heteroatoms. The maximum absolute atomic E-state index is 13.3. The van der Waals surface area contributed by atoms with Crippen molar-refractivity contribution in [2.24, 2.45) is 7.05 Å². The molecular formula is C28H27N5O4. The van der Waals surface area contributed by atoms with E-state index in [1.807, 2.05) is 66.2 Å². The Morgan fingerprint density at radius 1 is 1.00 bits per heavy atom. The highest BCUT2D eigenvalue weighted by Gasteiger charge is 2.23. The van der Waals surface area contributed by atoms with Gasteiger partial charge in [0, 0.05) is 12.4 Å². The molecule has 1 N–H and O–H groups in total. The number of hydrogen-bond donors (Lipinski definition) is 1. The molecule has 0 radical (unpaired) electrons. The molecule has 0 aliphatic carbocycles. The van der Waals surface area contributed by atoms with Crippen LogP contribution in [0.5, 0.6) is 11.5 Å². The third kappa shape index (κ3) is 4.63. The van der Waals surface area contributed by atoms with Gasteiger partial charge in [0.2, 0.25) is 5.91 Å². The van der Waals surface area contributed by atoms with Gasteiger partial charge in [0.25, 0.3) is 5.56 Å². The fourth-order valence-corrected chi connectivity index (χ4v) is 4.60. The number of para-hydroxylation sites is 2. The lowest BCUT2D eigenvalue weighted by Crippen LogP contribution is -2.37. The number of amides is 1. The Kier molecular flexibility index (Phi) is 6.59. The number of fused-ring (bicyclic) bond motifs is 2. The normalized spacial score (nSPS) is 12.0. The molecule has 1 atom stereocenters. The van der Waals surface area contributed by atoms with E-state index in [0.29, 0.717) is 28.7 Å². The Labute approximate surface area is 213 Å². The lowest BCUT2D eigenvalue weighted by Gasteiger charge is -2.19. The highest BCUT2D eigenvalue weighted by Crippen LogP contribution is 2.32. The third-order valence-corrected chi connectivity index (χ3v) is 6.41. The minimum absolute atomic E-state index is 0.260. The van der Waals surface area contributed by atoms with Crippen LogP contribution in [0.2, 0.25) is 0 Å². The standard InChI is InChI=1S/C28H27N5O4/c1-32-22-12-8-7-11-20(22)31-27(32)21(15-18-9-5-4-6-10-18)30-24(34)17-33-28(35)25-19(16-29-33)13-14-23(36-2)26(25)37-3/h4-14,16,21H,15,17H2,1-3H3,(H,30,34)/t21-/m0/s1. The maximum atomic E-state index is 13.3. The van der Waals surface area contributed by atoms with Crippen molar-refractivity contribution in [3.63, 3.8) is 0 Å². The largest absolute Gasteiger partial charge is 0.493 e. The summed E-state index contributed by atoms with van der Waals surface area (Å²) in [6, 6.07) is 20.8. The number of rotatable bonds is 8. The zero-order valence-electron chi connectivity index (χ0n) is 20.8. The third-order valence-electron chi connectivity index (χ3n) is 6.41. The van der Waals surface area contributed by atoms with Crippen LogP contribution in [0.15, 0.2) is 77.7 Å². The molecular weight excluding hydrogens is 470 g/mol. The van der Waals surface area contributed by atoms with Crippen LogP contribution in [0, 0.1) is 0 Å². The average molecular weight is 498 g/mol. The van der Waals surface area contributed by atoms with Crippen molar-refractivity contribution in [3.8, 4) is 11.5 Å². The van der Waals surface area contributed by atoms with Gasteiger partial charge in [0.05, 0.1) is 42.9 Å². The molecule has 3 aromatic carbocycles. The Morgan fingerprint density at radius 2 is 1.76 bits per heavy atom. The topological polar surface area (TPSA) is 100 Å². The molecule has 0 aliphatic rings. The van der Waals surface area contributed by atoms with E-state index in [-0.39, 0.29) is 12.5 Å². The molecule has 0 unspecified atom stereocenters. The van der Waals surface area contributed by atoms with E-state index in [4.69, 9.17) is 14.5 Å². The molecule has 1 amide bonds. The van der Waals surface area contributed by atoms with Crippen LogP contribution in [0.25, 0.3) is 21.8 Å². The molecule has 188 valence electrons. The number of nitrogens with one attached hydrogen (secondary N) is 1. The second-order valence-corrected chi connectivity index (χ2v) is 8.70. The summed E-state index contributed by atoms with van der Waals surface area (Å²) >= 11 is 0. The van der Waals surface area contributed by atoms with E-state index in [9.17, 15) is 9.59 Å². The number of aromatic nitrogens is 4. The number of carbonyl (C=O) groups excluding carboxylic acids is 1. The SMILES string of the molecule is COc1ccc2cnn(CC(=O)N[C@@H](Cc3ccccc3)c3nc4ccccc4n3C)c(=O)c2c1OC. The van der Waals surface area contributed by atoms with Crippen molar-refractivity contribution in [3.05, 3.63) is 94.7 Å². The van der Waals surface area contributed by atoms with Crippen molar-refractivity contribution in [1.29, 1.82) is 0 Å². The number of nitrogens with zero attached hydrogens (tertiary/aromatic N) is 4. The summed E-state index contributed by atoms with van der Waals surface area (Å²) in [4.78, 5) is 31.4. The first-order valence-electron chi connectivity index (χ1n) is 11.9. The smallest absolute Gasteiger partial charge is 0.279 e. The number of aryl methyl sites for hydroxylation is 1. The van der Waals surface area contributed by atoms with E-state index in [0.717, 1.165) is 27.1 Å². The summed E-state index contributed by atoms with van der Waals surface area (Å²) in [6.45, 7) is -0.260. The summed E-state index contributed by atoms with van der Waals surface area (Å²) in [5.74, 6) is 1.11. The first-order valence-corrected chi connectivity index (χ1v) is 11.9. The van der Waals surface area contributed by atoms with Crippen LogP contribution < -0.4 is 20.3 Å². The summed E-state index contributed by atoms with van der Waals surface area (Å²) in [5, 5.41) is 8.20. The van der Waals surface area contributed by atoms with E-state index in [2.05, 4.69) is 10.4 Å². The number of benzene rings is 3. The number of hydrogen-bond acceptors (Lipinski definition) is 6. The lowest BCUT2D eigenvalue weighted by atomic mass is 10.1. The van der Waals surface area contributed by atoms with E-state index < -0.39 is 11.6 Å². The highest BCUT2D eigenvalue weighted by atomic mass is 16.5. The fourth-order valence-electron chi connectivity index (χ4n) is 4.60. The molecule has 2 heterocycles. The van der Waals surface area contributed by atoms with Gasteiger partial charge in [-0.05, 0) is 36.2 Å². The number of carbonyl (C=O) groups is 1. The molecule has 2 aromatic heterocycles. The Balaban J connectivity index is 1.48. The molecule has 0 saturated carbocycles. The molecule has 0 aliphatic heterocycles. The molecule has 0 fully saturated rings. The zero-order valence-corrected chi connectivity index (χ0v) is 20.8. The van der Waals surface area contributed by atoms with Crippen LogP contribution in [-0.4, -0.2) is 39.5 Å². The van der Waals surface area contributed by atoms with E-state index in [1.165, 1.54) is 14.2 Å². The summed E-state index contributed by atoms with van der Waals surface area (Å²) < 4.78 is 13.9.